The molecule has 0 atom stereocenters. The van der Waals surface area contributed by atoms with E-state index in [1.165, 1.54) is 0 Å². The molecule has 0 spiro atoms. The van der Waals surface area contributed by atoms with Crippen LogP contribution >= 0.6 is 0 Å². The molecule has 0 aliphatic rings. The van der Waals surface area contributed by atoms with Crippen LogP contribution in [0.1, 0.15) is 0 Å². The van der Waals surface area contributed by atoms with Crippen molar-refractivity contribution in [1.82, 2.24) is 15.5 Å². The summed E-state index contributed by atoms with van der Waals surface area (Å²) in [7, 11) is 1.54. The first kappa shape index (κ1) is 18.9. The Morgan fingerprint density at radius 2 is 1.48 bits per heavy atom. The molecule has 0 rings (SSSR count). The fraction of sp³-hybridized carbons (Fsp3) is 0.625. The van der Waals surface area contributed by atoms with E-state index >= 15 is 0 Å². The Balaban J connectivity index is 5.32. The number of halogens is 7. The highest BCUT2D eigenvalue weighted by Gasteiger charge is 2.76. The molecule has 6 nitrogen and oxygen atoms in total. The minimum atomic E-state index is -6.65. The Hall–Kier alpha value is -2.08. The van der Waals surface area contributed by atoms with E-state index in [9.17, 15) is 35.5 Å². The number of alkyl halides is 7. The largest absolute Gasteiger partial charge is 0.460 e. The number of hydrogen-bond donors (Lipinski definition) is 4. The van der Waals surface area contributed by atoms with Crippen molar-refractivity contribution in [1.29, 1.82) is 10.8 Å². The molecule has 122 valence electrons. The van der Waals surface area contributed by atoms with E-state index in [1.54, 1.807) is 5.32 Å². The normalized spacial score (nSPS) is 12.6. The van der Waals surface area contributed by atoms with Crippen molar-refractivity contribution >= 4 is 17.8 Å². The third kappa shape index (κ3) is 3.52. The number of nitrogens with zero attached hydrogens (tertiary/aromatic N) is 1. The molecule has 21 heavy (non-hydrogen) atoms. The van der Waals surface area contributed by atoms with E-state index in [2.05, 4.69) is 5.32 Å². The van der Waals surface area contributed by atoms with E-state index in [0.717, 1.165) is 7.05 Å². The van der Waals surface area contributed by atoms with Gasteiger partial charge in [-0.1, -0.05) is 0 Å². The summed E-state index contributed by atoms with van der Waals surface area (Å²) >= 11 is 0. The highest BCUT2D eigenvalue weighted by molar-refractivity contribution is 6.05. The maximum absolute atomic E-state index is 13.1. The lowest BCUT2D eigenvalue weighted by Gasteiger charge is -2.30. The summed E-state index contributed by atoms with van der Waals surface area (Å²) < 4.78 is 87.1. The monoisotopic (exact) mass is 325 g/mol. The average molecular weight is 325 g/mol. The van der Waals surface area contributed by atoms with Gasteiger partial charge in [-0.15, -0.1) is 0 Å². The van der Waals surface area contributed by atoms with Crippen molar-refractivity contribution < 1.29 is 35.5 Å². The molecule has 0 aromatic carbocycles. The van der Waals surface area contributed by atoms with Crippen LogP contribution in [0.15, 0.2) is 0 Å². The van der Waals surface area contributed by atoms with Crippen LogP contribution in [0, 0.1) is 10.8 Å². The van der Waals surface area contributed by atoms with Crippen molar-refractivity contribution in [3.05, 3.63) is 0 Å². The first-order chi connectivity index (χ1) is 9.20. The molecule has 0 aromatic rings. The van der Waals surface area contributed by atoms with Gasteiger partial charge < -0.3 is 5.32 Å². The summed E-state index contributed by atoms with van der Waals surface area (Å²) in [5, 5.41) is 17.8. The lowest BCUT2D eigenvalue weighted by Crippen LogP contribution is -2.61. The summed E-state index contributed by atoms with van der Waals surface area (Å²) in [4.78, 5) is 10.6. The minimum absolute atomic E-state index is 0.376. The number of nitrogens with one attached hydrogen (secondary N) is 4. The van der Waals surface area contributed by atoms with Crippen LogP contribution in [0.25, 0.3) is 0 Å². The van der Waals surface area contributed by atoms with Crippen molar-refractivity contribution in [2.75, 3.05) is 14.1 Å². The molecule has 0 bridgehead atoms. The highest BCUT2D eigenvalue weighted by Crippen LogP contribution is 2.47. The number of amides is 1. The zero-order chi connectivity index (χ0) is 17.2. The number of guanidine groups is 2. The van der Waals surface area contributed by atoms with Gasteiger partial charge in [0, 0.05) is 14.1 Å². The van der Waals surface area contributed by atoms with Crippen LogP contribution in [0.2, 0.25) is 0 Å². The van der Waals surface area contributed by atoms with Crippen molar-refractivity contribution in [2.45, 2.75) is 18.0 Å². The molecular weight excluding hydrogens is 315 g/mol. The van der Waals surface area contributed by atoms with E-state index < -0.39 is 40.7 Å². The number of hydrogen-bond acceptors (Lipinski definition) is 3. The quantitative estimate of drug-likeness (QED) is 0.346. The summed E-state index contributed by atoms with van der Waals surface area (Å²) in [6.45, 7) is 0. The Morgan fingerprint density at radius 1 is 1.05 bits per heavy atom. The molecular formula is C8H10F7N5O. The number of carbonyl (C=O) groups is 1. The second kappa shape index (κ2) is 5.73. The molecule has 0 fully saturated rings. The summed E-state index contributed by atoms with van der Waals surface area (Å²) in [6, 6.07) is 0. The van der Waals surface area contributed by atoms with Gasteiger partial charge in [0.15, 0.2) is 5.96 Å². The molecule has 0 radical (unpaired) electrons. The molecule has 0 saturated heterocycles. The first-order valence-electron chi connectivity index (χ1n) is 4.92. The Morgan fingerprint density at radius 3 is 1.81 bits per heavy atom. The maximum atomic E-state index is 13.1. The van der Waals surface area contributed by atoms with Gasteiger partial charge in [-0.2, -0.15) is 30.7 Å². The summed E-state index contributed by atoms with van der Waals surface area (Å²) in [6.07, 6.45) is -6.65. The van der Waals surface area contributed by atoms with Gasteiger partial charge in [0.1, 0.15) is 0 Å². The molecule has 0 aliphatic carbocycles. The molecule has 13 heteroatoms. The van der Waals surface area contributed by atoms with E-state index in [1.807, 2.05) is 0 Å². The summed E-state index contributed by atoms with van der Waals surface area (Å²) in [5.41, 5.74) is 0. The second-order valence-corrected chi connectivity index (χ2v) is 3.61. The van der Waals surface area contributed by atoms with Crippen LogP contribution in [-0.2, 0) is 4.79 Å². The van der Waals surface area contributed by atoms with Crippen molar-refractivity contribution in [3.63, 3.8) is 0 Å². The van der Waals surface area contributed by atoms with Gasteiger partial charge in [0.25, 0.3) is 0 Å². The SMILES string of the molecule is CNC(=N)NC(=N)N(C)C(=O)C(F)(F)C(F)(F)C(F)(F)F. The van der Waals surface area contributed by atoms with Crippen LogP contribution in [0.3, 0.4) is 0 Å². The van der Waals surface area contributed by atoms with E-state index in [4.69, 9.17) is 10.8 Å². The molecule has 0 heterocycles. The van der Waals surface area contributed by atoms with Crippen molar-refractivity contribution in [3.8, 4) is 0 Å². The Labute approximate surface area is 113 Å². The van der Waals surface area contributed by atoms with E-state index in [0.29, 0.717) is 7.05 Å². The number of rotatable bonds is 2. The topological polar surface area (TPSA) is 92.1 Å². The standard InChI is InChI=1S/C8H10F7N5O/c1-18-4(16)19-5(17)20(2)3(21)6(9,10)7(11,12)8(13,14)15/h1-2H3,(H4,16,17,18,19). The van der Waals surface area contributed by atoms with Crippen LogP contribution < -0.4 is 10.6 Å². The third-order valence-corrected chi connectivity index (χ3v) is 2.15. The molecule has 1 amide bonds. The van der Waals surface area contributed by atoms with Crippen LogP contribution in [0.4, 0.5) is 30.7 Å². The predicted octanol–water partition coefficient (Wildman–Crippen LogP) is 0.956. The van der Waals surface area contributed by atoms with Gasteiger partial charge in [0.05, 0.1) is 0 Å². The van der Waals surface area contributed by atoms with Crippen LogP contribution in [0.5, 0.6) is 0 Å². The van der Waals surface area contributed by atoms with E-state index in [-0.39, 0.29) is 0 Å². The predicted molar refractivity (Wildman–Crippen MR) is 56.4 cm³/mol. The van der Waals surface area contributed by atoms with Gasteiger partial charge in [0.2, 0.25) is 5.96 Å². The summed E-state index contributed by atoms with van der Waals surface area (Å²) in [5.74, 6) is -17.6. The van der Waals surface area contributed by atoms with Gasteiger partial charge in [-0.05, 0) is 0 Å². The lowest BCUT2D eigenvalue weighted by atomic mass is 10.1. The van der Waals surface area contributed by atoms with Gasteiger partial charge in [-0.3, -0.25) is 25.8 Å². The zero-order valence-electron chi connectivity index (χ0n) is 10.5. The molecule has 0 saturated carbocycles. The zero-order valence-corrected chi connectivity index (χ0v) is 10.5. The molecule has 0 aromatic heterocycles. The maximum Gasteiger partial charge on any atom is 0.460 e. The third-order valence-electron chi connectivity index (χ3n) is 2.15. The highest BCUT2D eigenvalue weighted by atomic mass is 19.4. The average Bonchev–Trinajstić information content (AvgIpc) is 2.34. The molecule has 0 aliphatic heterocycles. The van der Waals surface area contributed by atoms with Gasteiger partial charge in [-0.25, -0.2) is 0 Å². The minimum Gasteiger partial charge on any atom is -0.359 e. The fourth-order valence-corrected chi connectivity index (χ4v) is 0.889. The fourth-order valence-electron chi connectivity index (χ4n) is 0.889. The smallest absolute Gasteiger partial charge is 0.359 e. The first-order valence-corrected chi connectivity index (χ1v) is 4.92. The Kier molecular flexibility index (Phi) is 5.16. The van der Waals surface area contributed by atoms with Crippen LogP contribution in [-0.4, -0.2) is 54.8 Å². The lowest BCUT2D eigenvalue weighted by molar-refractivity contribution is -0.345. The molecule has 0 unspecified atom stereocenters. The van der Waals surface area contributed by atoms with Crippen molar-refractivity contribution in [2.24, 2.45) is 0 Å². The Bertz CT molecular complexity index is 447. The van der Waals surface area contributed by atoms with Gasteiger partial charge >= 0.3 is 23.9 Å². The second-order valence-electron chi connectivity index (χ2n) is 3.61. The number of carbonyl (C=O) groups excluding carboxylic acids is 1. The molecule has 4 N–H and O–H groups in total.